The van der Waals surface area contributed by atoms with Gasteiger partial charge in [-0.2, -0.15) is 0 Å². The summed E-state index contributed by atoms with van der Waals surface area (Å²) in [6.07, 6.45) is 35.7. The SMILES string of the molecule is CCCCCCCCCCCCCCCC1=C(CCCCCCCCCCCCCCC)C(=O)OC1=O. The van der Waals surface area contributed by atoms with Crippen molar-refractivity contribution >= 4 is 11.9 Å². The average Bonchev–Trinajstić information content (AvgIpc) is 3.16. The van der Waals surface area contributed by atoms with Crippen molar-refractivity contribution in [2.45, 2.75) is 194 Å². The molecule has 0 aliphatic carbocycles. The van der Waals surface area contributed by atoms with Crippen LogP contribution in [0, 0.1) is 0 Å². The lowest BCUT2D eigenvalue weighted by Crippen LogP contribution is -2.02. The summed E-state index contributed by atoms with van der Waals surface area (Å²) in [7, 11) is 0. The molecule has 0 amide bonds. The molecule has 0 fully saturated rings. The van der Waals surface area contributed by atoms with Crippen molar-refractivity contribution in [3.63, 3.8) is 0 Å². The number of rotatable bonds is 28. The normalized spacial score (nSPS) is 13.7. The van der Waals surface area contributed by atoms with E-state index in [1.165, 1.54) is 141 Å². The first-order valence-electron chi connectivity index (χ1n) is 16.7. The molecule has 1 heterocycles. The highest BCUT2D eigenvalue weighted by atomic mass is 16.6. The largest absolute Gasteiger partial charge is 0.386 e. The fourth-order valence-electron chi connectivity index (χ4n) is 5.60. The molecule has 0 aromatic rings. The van der Waals surface area contributed by atoms with Gasteiger partial charge in [0.1, 0.15) is 0 Å². The number of unbranched alkanes of at least 4 members (excludes halogenated alkanes) is 24. The van der Waals surface area contributed by atoms with Crippen LogP contribution in [-0.2, 0) is 14.3 Å². The van der Waals surface area contributed by atoms with Crippen LogP contribution in [0.25, 0.3) is 0 Å². The summed E-state index contributed by atoms with van der Waals surface area (Å²) in [4.78, 5) is 24.4. The van der Waals surface area contributed by atoms with Gasteiger partial charge in [-0.05, 0) is 25.7 Å². The molecule has 1 aliphatic heterocycles. The highest BCUT2D eigenvalue weighted by Gasteiger charge is 2.31. The first kappa shape index (κ1) is 33.9. The number of esters is 2. The maximum absolute atomic E-state index is 12.2. The summed E-state index contributed by atoms with van der Waals surface area (Å²) in [5, 5.41) is 0. The van der Waals surface area contributed by atoms with E-state index < -0.39 is 0 Å². The number of hydrogen-bond acceptors (Lipinski definition) is 3. The second-order valence-corrected chi connectivity index (χ2v) is 11.6. The van der Waals surface area contributed by atoms with Crippen LogP contribution in [0.4, 0.5) is 0 Å². The quantitative estimate of drug-likeness (QED) is 0.0587. The Morgan fingerprint density at radius 2 is 0.568 bits per heavy atom. The summed E-state index contributed by atoms with van der Waals surface area (Å²) >= 11 is 0. The minimum absolute atomic E-state index is 0.367. The third kappa shape index (κ3) is 18.7. The van der Waals surface area contributed by atoms with Crippen molar-refractivity contribution in [2.75, 3.05) is 0 Å². The standard InChI is InChI=1S/C34H62O3/c1-3-5-7-9-11-13-15-17-19-21-23-25-27-29-31-32(34(36)37-33(31)35)30-28-26-24-22-20-18-16-14-12-10-8-6-4-2/h3-30H2,1-2H3. The van der Waals surface area contributed by atoms with Crippen LogP contribution in [0.15, 0.2) is 11.1 Å². The molecular weight excluding hydrogens is 456 g/mol. The van der Waals surface area contributed by atoms with Gasteiger partial charge in [0.05, 0.1) is 0 Å². The number of hydrogen-bond donors (Lipinski definition) is 0. The van der Waals surface area contributed by atoms with E-state index >= 15 is 0 Å². The van der Waals surface area contributed by atoms with Crippen molar-refractivity contribution in [3.05, 3.63) is 11.1 Å². The summed E-state index contributed by atoms with van der Waals surface area (Å²) in [6, 6.07) is 0. The second-order valence-electron chi connectivity index (χ2n) is 11.6. The molecule has 0 atom stereocenters. The minimum atomic E-state index is -0.367. The van der Waals surface area contributed by atoms with E-state index in [0.29, 0.717) is 11.1 Å². The number of cyclic esters (lactones) is 2. The lowest BCUT2D eigenvalue weighted by Gasteiger charge is -2.05. The van der Waals surface area contributed by atoms with E-state index in [4.69, 9.17) is 4.74 Å². The molecule has 0 radical (unpaired) electrons. The average molecular weight is 519 g/mol. The Labute approximate surface area is 231 Å². The molecule has 1 aliphatic rings. The molecule has 0 aromatic heterocycles. The van der Waals surface area contributed by atoms with Crippen molar-refractivity contribution in [1.29, 1.82) is 0 Å². The molecule has 0 N–H and O–H groups in total. The summed E-state index contributed by atoms with van der Waals surface area (Å²) < 4.78 is 4.96. The maximum Gasteiger partial charge on any atom is 0.342 e. The Hall–Kier alpha value is -1.12. The zero-order valence-electron chi connectivity index (χ0n) is 25.0. The van der Waals surface area contributed by atoms with Gasteiger partial charge in [-0.3, -0.25) is 0 Å². The molecule has 0 unspecified atom stereocenters. The highest BCUT2D eigenvalue weighted by molar-refractivity contribution is 6.12. The number of carbonyl (C=O) groups is 2. The smallest absolute Gasteiger partial charge is 0.342 e. The van der Waals surface area contributed by atoms with Gasteiger partial charge in [-0.1, -0.05) is 168 Å². The zero-order chi connectivity index (χ0) is 26.8. The molecule has 1 rings (SSSR count). The predicted molar refractivity (Wildman–Crippen MR) is 159 cm³/mol. The Morgan fingerprint density at radius 3 is 0.811 bits per heavy atom. The lowest BCUT2D eigenvalue weighted by atomic mass is 9.97. The number of ether oxygens (including phenoxy) is 1. The monoisotopic (exact) mass is 518 g/mol. The molecule has 0 aromatic carbocycles. The fraction of sp³-hybridized carbons (Fsp3) is 0.882. The van der Waals surface area contributed by atoms with Crippen molar-refractivity contribution in [1.82, 2.24) is 0 Å². The van der Waals surface area contributed by atoms with Crippen LogP contribution in [0.2, 0.25) is 0 Å². The molecule has 37 heavy (non-hydrogen) atoms. The predicted octanol–water partition coefficient (Wildman–Crippen LogP) is 11.3. The summed E-state index contributed by atoms with van der Waals surface area (Å²) in [6.45, 7) is 4.55. The van der Waals surface area contributed by atoms with Crippen molar-refractivity contribution in [2.24, 2.45) is 0 Å². The van der Waals surface area contributed by atoms with Crippen LogP contribution >= 0.6 is 0 Å². The Kier molecular flexibility index (Phi) is 23.1. The molecule has 0 saturated carbocycles. The highest BCUT2D eigenvalue weighted by Crippen LogP contribution is 2.27. The van der Waals surface area contributed by atoms with Gasteiger partial charge in [0.2, 0.25) is 0 Å². The van der Waals surface area contributed by atoms with Gasteiger partial charge in [0, 0.05) is 11.1 Å². The minimum Gasteiger partial charge on any atom is -0.386 e. The molecular formula is C34H62O3. The topological polar surface area (TPSA) is 43.4 Å². The van der Waals surface area contributed by atoms with Crippen LogP contribution < -0.4 is 0 Å². The van der Waals surface area contributed by atoms with Crippen LogP contribution in [0.3, 0.4) is 0 Å². The van der Waals surface area contributed by atoms with E-state index in [2.05, 4.69) is 13.8 Å². The molecule has 0 bridgehead atoms. The van der Waals surface area contributed by atoms with E-state index in [1.807, 2.05) is 0 Å². The van der Waals surface area contributed by atoms with E-state index in [1.54, 1.807) is 0 Å². The van der Waals surface area contributed by atoms with E-state index in [9.17, 15) is 9.59 Å². The number of carbonyl (C=O) groups excluding carboxylic acids is 2. The Morgan fingerprint density at radius 1 is 0.351 bits per heavy atom. The lowest BCUT2D eigenvalue weighted by molar-refractivity contribution is -0.151. The van der Waals surface area contributed by atoms with Gasteiger partial charge >= 0.3 is 11.9 Å². The third-order valence-corrected chi connectivity index (χ3v) is 8.10. The molecule has 3 heteroatoms. The van der Waals surface area contributed by atoms with Gasteiger partial charge in [-0.15, -0.1) is 0 Å². The molecule has 216 valence electrons. The van der Waals surface area contributed by atoms with Gasteiger partial charge in [0.25, 0.3) is 0 Å². The van der Waals surface area contributed by atoms with Gasteiger partial charge < -0.3 is 4.74 Å². The van der Waals surface area contributed by atoms with E-state index in [0.717, 1.165) is 38.5 Å². The first-order valence-corrected chi connectivity index (χ1v) is 16.7. The van der Waals surface area contributed by atoms with Crippen LogP contribution in [-0.4, -0.2) is 11.9 Å². The van der Waals surface area contributed by atoms with Crippen LogP contribution in [0.1, 0.15) is 194 Å². The van der Waals surface area contributed by atoms with E-state index in [-0.39, 0.29) is 11.9 Å². The second kappa shape index (κ2) is 25.2. The van der Waals surface area contributed by atoms with Crippen LogP contribution in [0.5, 0.6) is 0 Å². The fourth-order valence-corrected chi connectivity index (χ4v) is 5.60. The zero-order valence-corrected chi connectivity index (χ0v) is 25.0. The Bertz CT molecular complexity index is 542. The van der Waals surface area contributed by atoms with Crippen molar-refractivity contribution in [3.8, 4) is 0 Å². The van der Waals surface area contributed by atoms with Gasteiger partial charge in [0.15, 0.2) is 0 Å². The maximum atomic E-state index is 12.2. The van der Waals surface area contributed by atoms with Crippen molar-refractivity contribution < 1.29 is 14.3 Å². The van der Waals surface area contributed by atoms with Gasteiger partial charge in [-0.25, -0.2) is 9.59 Å². The summed E-state index contributed by atoms with van der Waals surface area (Å²) in [5.41, 5.74) is 1.37. The molecule has 0 saturated heterocycles. The Balaban J connectivity index is 2.02. The first-order chi connectivity index (χ1) is 18.2. The molecule has 3 nitrogen and oxygen atoms in total. The summed E-state index contributed by atoms with van der Waals surface area (Å²) in [5.74, 6) is -0.734. The molecule has 0 spiro atoms. The third-order valence-electron chi connectivity index (χ3n) is 8.10.